The lowest BCUT2D eigenvalue weighted by Crippen LogP contribution is -2.33. The van der Waals surface area contributed by atoms with Crippen molar-refractivity contribution in [2.75, 3.05) is 6.54 Å². The number of rotatable bonds is 4. The van der Waals surface area contributed by atoms with Gasteiger partial charge in [-0.25, -0.2) is 0 Å². The van der Waals surface area contributed by atoms with Crippen molar-refractivity contribution in [1.82, 2.24) is 5.32 Å². The van der Waals surface area contributed by atoms with Crippen LogP contribution in [-0.2, 0) is 4.79 Å². The summed E-state index contributed by atoms with van der Waals surface area (Å²) in [6, 6.07) is 6.99. The van der Waals surface area contributed by atoms with Crippen molar-refractivity contribution >= 4 is 11.7 Å². The molecule has 0 spiro atoms. The predicted molar refractivity (Wildman–Crippen MR) is 63.4 cm³/mol. The molecule has 1 N–H and O–H groups in total. The van der Waals surface area contributed by atoms with Crippen LogP contribution in [0.3, 0.4) is 0 Å². The van der Waals surface area contributed by atoms with E-state index < -0.39 is 11.7 Å². The number of nitrogens with one attached hydrogen (secondary N) is 1. The van der Waals surface area contributed by atoms with Crippen LogP contribution in [0.2, 0.25) is 0 Å². The van der Waals surface area contributed by atoms with Crippen LogP contribution < -0.4 is 5.32 Å². The average molecular weight is 219 g/mol. The van der Waals surface area contributed by atoms with Crippen LogP contribution in [0.4, 0.5) is 0 Å². The normalized spacial score (nSPS) is 10.2. The zero-order valence-electron chi connectivity index (χ0n) is 9.91. The van der Waals surface area contributed by atoms with Gasteiger partial charge in [0.2, 0.25) is 5.78 Å². The number of Topliss-reactive ketones (excluding diaryl/α,β-unsaturated/α-hetero) is 1. The van der Waals surface area contributed by atoms with Gasteiger partial charge in [-0.05, 0) is 12.8 Å². The largest absolute Gasteiger partial charge is 0.349 e. The number of hydrogen-bond donors (Lipinski definition) is 1. The predicted octanol–water partition coefficient (Wildman–Crippen LogP) is 1.95. The van der Waals surface area contributed by atoms with Crippen molar-refractivity contribution in [2.24, 2.45) is 5.92 Å². The molecular weight excluding hydrogens is 202 g/mol. The Morgan fingerprint density at radius 1 is 1.19 bits per heavy atom. The van der Waals surface area contributed by atoms with E-state index in [1.807, 2.05) is 32.9 Å². The molecule has 0 radical (unpaired) electrons. The summed E-state index contributed by atoms with van der Waals surface area (Å²) in [5.74, 6) is -0.659. The molecule has 0 aromatic heterocycles. The first-order valence-corrected chi connectivity index (χ1v) is 5.40. The van der Waals surface area contributed by atoms with Gasteiger partial charge in [0, 0.05) is 12.1 Å². The maximum Gasteiger partial charge on any atom is 0.292 e. The number of amides is 1. The minimum atomic E-state index is -0.530. The van der Waals surface area contributed by atoms with Crippen molar-refractivity contribution in [3.05, 3.63) is 35.4 Å². The smallest absolute Gasteiger partial charge is 0.292 e. The fraction of sp³-hybridized carbons (Fsp3) is 0.385. The summed E-state index contributed by atoms with van der Waals surface area (Å²) in [5, 5.41) is 2.61. The summed E-state index contributed by atoms with van der Waals surface area (Å²) < 4.78 is 0. The van der Waals surface area contributed by atoms with Crippen molar-refractivity contribution in [3.8, 4) is 0 Å². The Labute approximate surface area is 95.9 Å². The maximum atomic E-state index is 11.7. The zero-order chi connectivity index (χ0) is 12.1. The molecule has 1 aromatic carbocycles. The Hall–Kier alpha value is -1.64. The molecule has 0 saturated carbocycles. The maximum absolute atomic E-state index is 11.7. The molecule has 3 nitrogen and oxygen atoms in total. The lowest BCUT2D eigenvalue weighted by molar-refractivity contribution is -0.117. The van der Waals surface area contributed by atoms with E-state index in [-0.39, 0.29) is 0 Å². The van der Waals surface area contributed by atoms with E-state index in [1.165, 1.54) is 0 Å². The van der Waals surface area contributed by atoms with Gasteiger partial charge < -0.3 is 5.32 Å². The average Bonchev–Trinajstić information content (AvgIpc) is 2.26. The summed E-state index contributed by atoms with van der Waals surface area (Å²) >= 11 is 0. The van der Waals surface area contributed by atoms with Gasteiger partial charge in [0.15, 0.2) is 0 Å². The molecule has 16 heavy (non-hydrogen) atoms. The minimum absolute atomic E-state index is 0.342. The molecule has 0 aliphatic heterocycles. The van der Waals surface area contributed by atoms with E-state index in [2.05, 4.69) is 5.32 Å². The van der Waals surface area contributed by atoms with Gasteiger partial charge in [-0.1, -0.05) is 43.7 Å². The van der Waals surface area contributed by atoms with Crippen LogP contribution in [-0.4, -0.2) is 18.2 Å². The van der Waals surface area contributed by atoms with Crippen molar-refractivity contribution in [2.45, 2.75) is 20.8 Å². The number of ketones is 1. The highest BCUT2D eigenvalue weighted by Crippen LogP contribution is 2.04. The molecule has 0 unspecified atom stereocenters. The Bertz CT molecular complexity index is 379. The molecule has 0 aliphatic rings. The van der Waals surface area contributed by atoms with E-state index in [4.69, 9.17) is 0 Å². The quantitative estimate of drug-likeness (QED) is 0.621. The van der Waals surface area contributed by atoms with Gasteiger partial charge in [-0.2, -0.15) is 0 Å². The minimum Gasteiger partial charge on any atom is -0.349 e. The fourth-order valence-electron chi connectivity index (χ4n) is 1.21. The first kappa shape index (κ1) is 12.4. The summed E-state index contributed by atoms with van der Waals surface area (Å²) in [4.78, 5) is 23.1. The second-order valence-corrected chi connectivity index (χ2v) is 4.30. The third-order valence-electron chi connectivity index (χ3n) is 2.19. The number of carbonyl (C=O) groups excluding carboxylic acids is 2. The van der Waals surface area contributed by atoms with Crippen LogP contribution >= 0.6 is 0 Å². The van der Waals surface area contributed by atoms with Crippen LogP contribution in [0.15, 0.2) is 24.3 Å². The monoisotopic (exact) mass is 219 g/mol. The van der Waals surface area contributed by atoms with Gasteiger partial charge in [-0.3, -0.25) is 9.59 Å². The Kier molecular flexibility index (Phi) is 4.23. The standard InChI is InChI=1S/C13H17NO2/c1-9(2)8-14-13(16)12(15)11-6-4-10(3)5-7-11/h4-7,9H,8H2,1-3H3,(H,14,16). The molecule has 0 fully saturated rings. The van der Waals surface area contributed by atoms with E-state index in [1.54, 1.807) is 12.1 Å². The topological polar surface area (TPSA) is 46.2 Å². The molecule has 3 heteroatoms. The summed E-state index contributed by atoms with van der Waals surface area (Å²) in [7, 11) is 0. The number of benzene rings is 1. The second kappa shape index (κ2) is 5.45. The van der Waals surface area contributed by atoms with Crippen molar-refractivity contribution in [1.29, 1.82) is 0 Å². The lowest BCUT2D eigenvalue weighted by Gasteiger charge is -2.06. The van der Waals surface area contributed by atoms with E-state index in [0.29, 0.717) is 18.0 Å². The molecule has 1 rings (SSSR count). The van der Waals surface area contributed by atoms with Crippen LogP contribution in [0.5, 0.6) is 0 Å². The molecule has 0 saturated heterocycles. The van der Waals surface area contributed by atoms with Gasteiger partial charge in [-0.15, -0.1) is 0 Å². The van der Waals surface area contributed by atoms with Crippen LogP contribution in [0.1, 0.15) is 29.8 Å². The van der Waals surface area contributed by atoms with E-state index in [0.717, 1.165) is 5.56 Å². The molecular formula is C13H17NO2. The van der Waals surface area contributed by atoms with Gasteiger partial charge in [0.1, 0.15) is 0 Å². The number of hydrogen-bond acceptors (Lipinski definition) is 2. The highest BCUT2D eigenvalue weighted by atomic mass is 16.2. The third-order valence-corrected chi connectivity index (χ3v) is 2.19. The van der Waals surface area contributed by atoms with Crippen LogP contribution in [0.25, 0.3) is 0 Å². The Balaban J connectivity index is 2.64. The molecule has 0 aliphatic carbocycles. The van der Waals surface area contributed by atoms with Crippen LogP contribution in [0, 0.1) is 12.8 Å². The summed E-state index contributed by atoms with van der Waals surface area (Å²) in [6.07, 6.45) is 0. The SMILES string of the molecule is Cc1ccc(C(=O)C(=O)NCC(C)C)cc1. The molecule has 0 bridgehead atoms. The molecule has 1 amide bonds. The Morgan fingerprint density at radius 3 is 2.25 bits per heavy atom. The van der Waals surface area contributed by atoms with E-state index >= 15 is 0 Å². The van der Waals surface area contributed by atoms with Crippen molar-refractivity contribution in [3.63, 3.8) is 0 Å². The van der Waals surface area contributed by atoms with Crippen molar-refractivity contribution < 1.29 is 9.59 Å². The highest BCUT2D eigenvalue weighted by molar-refractivity contribution is 6.42. The zero-order valence-corrected chi connectivity index (χ0v) is 9.91. The fourth-order valence-corrected chi connectivity index (χ4v) is 1.21. The summed E-state index contributed by atoms with van der Waals surface area (Å²) in [6.45, 7) is 6.43. The van der Waals surface area contributed by atoms with Gasteiger partial charge in [0.05, 0.1) is 0 Å². The van der Waals surface area contributed by atoms with Gasteiger partial charge >= 0.3 is 0 Å². The highest BCUT2D eigenvalue weighted by Gasteiger charge is 2.15. The lowest BCUT2D eigenvalue weighted by atomic mass is 10.1. The first-order chi connectivity index (χ1) is 7.50. The second-order valence-electron chi connectivity index (χ2n) is 4.30. The van der Waals surface area contributed by atoms with Gasteiger partial charge in [0.25, 0.3) is 5.91 Å². The number of aryl methyl sites for hydroxylation is 1. The third kappa shape index (κ3) is 3.50. The summed E-state index contributed by atoms with van der Waals surface area (Å²) in [5.41, 5.74) is 1.51. The Morgan fingerprint density at radius 2 is 1.75 bits per heavy atom. The molecule has 0 atom stereocenters. The molecule has 0 heterocycles. The first-order valence-electron chi connectivity index (χ1n) is 5.40. The van der Waals surface area contributed by atoms with E-state index in [9.17, 15) is 9.59 Å². The number of carbonyl (C=O) groups is 2. The molecule has 86 valence electrons. The molecule has 1 aromatic rings.